The van der Waals surface area contributed by atoms with Crippen LogP contribution in [0, 0.1) is 0 Å². The van der Waals surface area contributed by atoms with Crippen LogP contribution in [-0.4, -0.2) is 35.5 Å². The van der Waals surface area contributed by atoms with E-state index in [2.05, 4.69) is 0 Å². The summed E-state index contributed by atoms with van der Waals surface area (Å²) in [5.74, 6) is 0.393. The molecule has 0 aliphatic heterocycles. The smallest absolute Gasteiger partial charge is 0.298 e. The zero-order valence-electron chi connectivity index (χ0n) is 20.3. The van der Waals surface area contributed by atoms with Gasteiger partial charge in [-0.05, 0) is 37.3 Å². The maximum atomic E-state index is 14.0. The third-order valence-electron chi connectivity index (χ3n) is 6.89. The third kappa shape index (κ3) is 3.15. The van der Waals surface area contributed by atoms with Gasteiger partial charge in [0, 0.05) is 42.6 Å². The van der Waals surface area contributed by atoms with E-state index < -0.39 is 6.23 Å². The number of aliphatic hydroxyl groups is 1. The van der Waals surface area contributed by atoms with E-state index in [1.165, 1.54) is 4.68 Å². The summed E-state index contributed by atoms with van der Waals surface area (Å²) in [7, 11) is 3.74. The number of rotatable bonds is 5. The highest BCUT2D eigenvalue weighted by Crippen LogP contribution is 2.34. The first-order chi connectivity index (χ1) is 17.5. The van der Waals surface area contributed by atoms with E-state index in [0.717, 1.165) is 27.6 Å². The van der Waals surface area contributed by atoms with Crippen LogP contribution in [0.2, 0.25) is 0 Å². The SMILES string of the molecule is CCN(c1ccccc1)C(O)c1nn(-c2nc3ccccc3n2C)c(=O)c2c1c1ccccc1n2C. The summed E-state index contributed by atoms with van der Waals surface area (Å²) in [6.45, 7) is 2.53. The summed E-state index contributed by atoms with van der Waals surface area (Å²) in [6.07, 6.45) is -1.09. The molecule has 3 heterocycles. The van der Waals surface area contributed by atoms with Gasteiger partial charge in [-0.15, -0.1) is 0 Å². The first-order valence-electron chi connectivity index (χ1n) is 11.9. The van der Waals surface area contributed by atoms with Gasteiger partial charge in [0.05, 0.1) is 11.0 Å². The van der Waals surface area contributed by atoms with Crippen molar-refractivity contribution in [3.05, 3.63) is 94.9 Å². The van der Waals surface area contributed by atoms with E-state index in [1.807, 2.05) is 114 Å². The van der Waals surface area contributed by atoms with Gasteiger partial charge in [0.15, 0.2) is 6.23 Å². The zero-order valence-corrected chi connectivity index (χ0v) is 20.3. The van der Waals surface area contributed by atoms with Crippen LogP contribution in [0.4, 0.5) is 5.69 Å². The summed E-state index contributed by atoms with van der Waals surface area (Å²) in [5, 5.41) is 18.1. The summed E-state index contributed by atoms with van der Waals surface area (Å²) in [4.78, 5) is 20.5. The van der Waals surface area contributed by atoms with Crippen LogP contribution in [0.5, 0.6) is 0 Å². The molecule has 0 fully saturated rings. The minimum absolute atomic E-state index is 0.291. The maximum Gasteiger partial charge on any atom is 0.298 e. The van der Waals surface area contributed by atoms with E-state index in [4.69, 9.17) is 10.1 Å². The van der Waals surface area contributed by atoms with Crippen molar-refractivity contribution in [2.45, 2.75) is 13.2 Å². The number of aliphatic hydroxyl groups excluding tert-OH is 1. The Bertz CT molecular complexity index is 1800. The molecule has 6 aromatic rings. The zero-order chi connectivity index (χ0) is 25.0. The first kappa shape index (κ1) is 22.1. The Kier molecular flexibility index (Phi) is 5.12. The lowest BCUT2D eigenvalue weighted by Gasteiger charge is -2.29. The van der Waals surface area contributed by atoms with Gasteiger partial charge in [0.25, 0.3) is 5.56 Å². The number of aryl methyl sites for hydroxylation is 2. The molecular weight excluding hydrogens is 452 g/mol. The minimum atomic E-state index is -1.09. The van der Waals surface area contributed by atoms with E-state index in [1.54, 1.807) is 0 Å². The average molecular weight is 479 g/mol. The standard InChI is InChI=1S/C28H26N6O2/c1-4-33(18-12-6-5-7-13-18)26(35)24-23-19-14-8-10-16-21(19)31(2)25(23)27(36)34(30-24)28-29-20-15-9-11-17-22(20)32(28)3/h5-17,26,35H,4H2,1-3H3. The topological polar surface area (TPSA) is 81.1 Å². The normalized spacial score (nSPS) is 12.6. The lowest BCUT2D eigenvalue weighted by atomic mass is 10.1. The summed E-state index contributed by atoms with van der Waals surface area (Å²) in [5.41, 5.74) is 3.99. The Balaban J connectivity index is 1.70. The molecule has 0 aliphatic rings. The first-order valence-corrected chi connectivity index (χ1v) is 11.9. The van der Waals surface area contributed by atoms with Gasteiger partial charge in [-0.1, -0.05) is 48.5 Å². The van der Waals surface area contributed by atoms with E-state index in [9.17, 15) is 9.90 Å². The van der Waals surface area contributed by atoms with Crippen LogP contribution in [0.15, 0.2) is 83.7 Å². The lowest BCUT2D eigenvalue weighted by molar-refractivity contribution is 0.168. The minimum Gasteiger partial charge on any atom is -0.368 e. The molecule has 0 saturated heterocycles. The largest absolute Gasteiger partial charge is 0.368 e. The number of para-hydroxylation sites is 4. The molecule has 3 aromatic carbocycles. The van der Waals surface area contributed by atoms with Gasteiger partial charge in [-0.2, -0.15) is 9.78 Å². The van der Waals surface area contributed by atoms with Crippen LogP contribution in [-0.2, 0) is 14.1 Å². The maximum absolute atomic E-state index is 14.0. The van der Waals surface area contributed by atoms with Crippen LogP contribution >= 0.6 is 0 Å². The summed E-state index contributed by atoms with van der Waals surface area (Å²) in [6, 6.07) is 25.2. The molecule has 0 bridgehead atoms. The summed E-state index contributed by atoms with van der Waals surface area (Å²) >= 11 is 0. The van der Waals surface area contributed by atoms with Crippen molar-refractivity contribution in [3.8, 4) is 5.95 Å². The van der Waals surface area contributed by atoms with E-state index in [0.29, 0.717) is 29.1 Å². The molecule has 36 heavy (non-hydrogen) atoms. The molecule has 6 rings (SSSR count). The highest BCUT2D eigenvalue weighted by molar-refractivity contribution is 6.09. The van der Waals surface area contributed by atoms with Crippen molar-refractivity contribution in [1.82, 2.24) is 23.9 Å². The molecule has 3 aromatic heterocycles. The lowest BCUT2D eigenvalue weighted by Crippen LogP contribution is -2.33. The summed E-state index contributed by atoms with van der Waals surface area (Å²) < 4.78 is 5.05. The molecule has 0 amide bonds. The number of nitrogens with zero attached hydrogens (tertiary/aromatic N) is 6. The number of anilines is 1. The Morgan fingerprint density at radius 1 is 0.889 bits per heavy atom. The average Bonchev–Trinajstić information content (AvgIpc) is 3.40. The van der Waals surface area contributed by atoms with Crippen LogP contribution in [0.1, 0.15) is 18.8 Å². The Morgan fingerprint density at radius 3 is 2.28 bits per heavy atom. The molecule has 1 atom stereocenters. The van der Waals surface area contributed by atoms with E-state index in [-0.39, 0.29) is 5.56 Å². The van der Waals surface area contributed by atoms with Crippen molar-refractivity contribution in [2.75, 3.05) is 11.4 Å². The second-order valence-electron chi connectivity index (χ2n) is 8.86. The predicted octanol–water partition coefficient (Wildman–Crippen LogP) is 4.28. The number of hydrogen-bond acceptors (Lipinski definition) is 5. The molecule has 0 saturated carbocycles. The van der Waals surface area contributed by atoms with Crippen LogP contribution in [0.25, 0.3) is 38.8 Å². The number of aromatic nitrogens is 5. The van der Waals surface area contributed by atoms with Crippen molar-refractivity contribution < 1.29 is 5.11 Å². The molecule has 0 spiro atoms. The van der Waals surface area contributed by atoms with Gasteiger partial charge >= 0.3 is 0 Å². The predicted molar refractivity (Wildman–Crippen MR) is 143 cm³/mol. The highest BCUT2D eigenvalue weighted by atomic mass is 16.3. The van der Waals surface area contributed by atoms with Crippen molar-refractivity contribution in [1.29, 1.82) is 0 Å². The van der Waals surface area contributed by atoms with Gasteiger partial charge in [0.1, 0.15) is 11.2 Å². The number of hydrogen-bond donors (Lipinski definition) is 1. The molecule has 1 N–H and O–H groups in total. The number of benzene rings is 3. The monoisotopic (exact) mass is 478 g/mol. The second-order valence-corrected chi connectivity index (χ2v) is 8.86. The Hall–Kier alpha value is -4.43. The molecule has 8 nitrogen and oxygen atoms in total. The van der Waals surface area contributed by atoms with Crippen LogP contribution in [0.3, 0.4) is 0 Å². The van der Waals surface area contributed by atoms with Gasteiger partial charge in [-0.25, -0.2) is 4.98 Å². The molecule has 1 unspecified atom stereocenters. The van der Waals surface area contributed by atoms with Crippen molar-refractivity contribution in [2.24, 2.45) is 14.1 Å². The fraction of sp³-hybridized carbons (Fsp3) is 0.179. The number of fused-ring (bicyclic) bond motifs is 4. The second kappa shape index (κ2) is 8.35. The molecular formula is C28H26N6O2. The quantitative estimate of drug-likeness (QED) is 0.374. The van der Waals surface area contributed by atoms with Crippen LogP contribution < -0.4 is 10.5 Å². The fourth-order valence-corrected chi connectivity index (χ4v) is 5.11. The van der Waals surface area contributed by atoms with E-state index >= 15 is 0 Å². The van der Waals surface area contributed by atoms with Gasteiger partial charge in [-0.3, -0.25) is 4.79 Å². The molecule has 0 radical (unpaired) electrons. The van der Waals surface area contributed by atoms with Gasteiger partial charge < -0.3 is 19.1 Å². The van der Waals surface area contributed by atoms with Gasteiger partial charge in [0.2, 0.25) is 5.95 Å². The fourth-order valence-electron chi connectivity index (χ4n) is 5.11. The number of imidazole rings is 1. The Morgan fingerprint density at radius 2 is 1.56 bits per heavy atom. The third-order valence-corrected chi connectivity index (χ3v) is 6.89. The molecule has 0 aliphatic carbocycles. The highest BCUT2D eigenvalue weighted by Gasteiger charge is 2.28. The van der Waals surface area contributed by atoms with Crippen molar-refractivity contribution in [3.63, 3.8) is 0 Å². The van der Waals surface area contributed by atoms with Crippen molar-refractivity contribution >= 4 is 38.5 Å². The molecule has 180 valence electrons. The Labute approximate surface area is 207 Å². The molecule has 8 heteroatoms.